The van der Waals surface area contributed by atoms with E-state index in [0.29, 0.717) is 13.2 Å². The molecular weight excluding hydrogens is 338 g/mol. The van der Waals surface area contributed by atoms with Gasteiger partial charge in [-0.05, 0) is 17.7 Å². The van der Waals surface area contributed by atoms with Gasteiger partial charge in [0.25, 0.3) is 0 Å². The van der Waals surface area contributed by atoms with Gasteiger partial charge in [0.05, 0.1) is 24.8 Å². The lowest BCUT2D eigenvalue weighted by atomic mass is 10.1. The van der Waals surface area contributed by atoms with E-state index in [-0.39, 0.29) is 24.1 Å². The van der Waals surface area contributed by atoms with E-state index >= 15 is 0 Å². The average Bonchev–Trinajstić information content (AvgIpc) is 2.64. The molecule has 1 saturated heterocycles. The second kappa shape index (κ2) is 8.38. The van der Waals surface area contributed by atoms with Gasteiger partial charge in [-0.25, -0.2) is 8.78 Å². The third kappa shape index (κ3) is 4.65. The summed E-state index contributed by atoms with van der Waals surface area (Å²) in [6, 6.07) is 13.2. The van der Waals surface area contributed by atoms with Crippen molar-refractivity contribution in [3.8, 4) is 0 Å². The average molecular weight is 360 g/mol. The summed E-state index contributed by atoms with van der Waals surface area (Å²) in [6.07, 6.45) is -0.142. The Kier molecular flexibility index (Phi) is 5.96. The highest BCUT2D eigenvalue weighted by Crippen LogP contribution is 2.21. The molecule has 0 aliphatic carbocycles. The second-order valence-electron chi connectivity index (χ2n) is 6.47. The quantitative estimate of drug-likeness (QED) is 0.821. The molecule has 3 rings (SSSR count). The van der Waals surface area contributed by atoms with Gasteiger partial charge in [-0.2, -0.15) is 0 Å². The van der Waals surface area contributed by atoms with E-state index in [1.807, 2.05) is 18.2 Å². The zero-order valence-electron chi connectivity index (χ0n) is 14.7. The molecular formula is C20H22F2N2O2. The zero-order valence-corrected chi connectivity index (χ0v) is 14.7. The van der Waals surface area contributed by atoms with Crippen LogP contribution in [-0.2, 0) is 16.1 Å². The first kappa shape index (κ1) is 18.5. The van der Waals surface area contributed by atoms with Gasteiger partial charge < -0.3 is 9.64 Å². The van der Waals surface area contributed by atoms with Crippen molar-refractivity contribution in [3.63, 3.8) is 0 Å². The maximum Gasteiger partial charge on any atom is 0.229 e. The highest BCUT2D eigenvalue weighted by molar-refractivity contribution is 5.93. The van der Waals surface area contributed by atoms with Gasteiger partial charge in [0.2, 0.25) is 5.91 Å². The standard InChI is InChI=1S/C20H22F2N2O2/c1-23(19-11-16(21)7-8-18(19)22)20(25)12-17-14-24(9-10-26-17)13-15-5-3-2-4-6-15/h2-8,11,17H,9-10,12-14H2,1H3. The van der Waals surface area contributed by atoms with Crippen molar-refractivity contribution in [3.05, 3.63) is 65.7 Å². The van der Waals surface area contributed by atoms with Gasteiger partial charge in [0, 0.05) is 32.7 Å². The first-order chi connectivity index (χ1) is 12.5. The van der Waals surface area contributed by atoms with Gasteiger partial charge >= 0.3 is 0 Å². The molecule has 0 bridgehead atoms. The number of rotatable bonds is 5. The second-order valence-corrected chi connectivity index (χ2v) is 6.47. The van der Waals surface area contributed by atoms with Gasteiger partial charge in [0.1, 0.15) is 11.6 Å². The van der Waals surface area contributed by atoms with Crippen LogP contribution >= 0.6 is 0 Å². The van der Waals surface area contributed by atoms with Gasteiger partial charge in [-0.3, -0.25) is 9.69 Å². The highest BCUT2D eigenvalue weighted by Gasteiger charge is 2.25. The first-order valence-electron chi connectivity index (χ1n) is 8.62. The van der Waals surface area contributed by atoms with Crippen molar-refractivity contribution < 1.29 is 18.3 Å². The molecule has 1 aliphatic rings. The first-order valence-corrected chi connectivity index (χ1v) is 8.62. The Morgan fingerprint density at radius 1 is 1.23 bits per heavy atom. The summed E-state index contributed by atoms with van der Waals surface area (Å²) < 4.78 is 32.9. The fourth-order valence-corrected chi connectivity index (χ4v) is 3.10. The Labute approximate surface area is 152 Å². The maximum atomic E-state index is 13.9. The van der Waals surface area contributed by atoms with E-state index in [0.717, 1.165) is 36.2 Å². The maximum absolute atomic E-state index is 13.9. The highest BCUT2D eigenvalue weighted by atomic mass is 19.1. The fourth-order valence-electron chi connectivity index (χ4n) is 3.10. The van der Waals surface area contributed by atoms with Crippen LogP contribution in [0.25, 0.3) is 0 Å². The Morgan fingerprint density at radius 2 is 2.00 bits per heavy atom. The lowest BCUT2D eigenvalue weighted by Crippen LogP contribution is -2.44. The molecule has 1 fully saturated rings. The van der Waals surface area contributed by atoms with E-state index in [1.54, 1.807) is 0 Å². The van der Waals surface area contributed by atoms with Crippen molar-refractivity contribution in [2.75, 3.05) is 31.6 Å². The molecule has 138 valence electrons. The molecule has 1 amide bonds. The molecule has 0 saturated carbocycles. The third-order valence-electron chi connectivity index (χ3n) is 4.52. The smallest absolute Gasteiger partial charge is 0.229 e. The van der Waals surface area contributed by atoms with Crippen LogP contribution in [0.4, 0.5) is 14.5 Å². The zero-order chi connectivity index (χ0) is 18.5. The monoisotopic (exact) mass is 360 g/mol. The number of nitrogens with zero attached hydrogens (tertiary/aromatic N) is 2. The van der Waals surface area contributed by atoms with Crippen molar-refractivity contribution in [1.82, 2.24) is 4.90 Å². The minimum Gasteiger partial charge on any atom is -0.375 e. The molecule has 1 aliphatic heterocycles. The summed E-state index contributed by atoms with van der Waals surface area (Å²) in [7, 11) is 1.45. The number of anilines is 1. The van der Waals surface area contributed by atoms with Crippen LogP contribution in [0.3, 0.4) is 0 Å². The largest absolute Gasteiger partial charge is 0.375 e. The summed E-state index contributed by atoms with van der Waals surface area (Å²) in [5.41, 5.74) is 1.14. The van der Waals surface area contributed by atoms with Crippen LogP contribution < -0.4 is 4.90 Å². The summed E-state index contributed by atoms with van der Waals surface area (Å²) in [4.78, 5) is 15.9. The third-order valence-corrected chi connectivity index (χ3v) is 4.52. The number of morpholine rings is 1. The topological polar surface area (TPSA) is 32.8 Å². The van der Waals surface area contributed by atoms with Crippen LogP contribution in [0.5, 0.6) is 0 Å². The lowest BCUT2D eigenvalue weighted by molar-refractivity contribution is -0.123. The number of hydrogen-bond donors (Lipinski definition) is 0. The van der Waals surface area contributed by atoms with E-state index < -0.39 is 11.6 Å². The molecule has 26 heavy (non-hydrogen) atoms. The van der Waals surface area contributed by atoms with Crippen LogP contribution in [0.1, 0.15) is 12.0 Å². The number of ether oxygens (including phenoxy) is 1. The number of amides is 1. The van der Waals surface area contributed by atoms with Crippen molar-refractivity contribution in [1.29, 1.82) is 0 Å². The number of carbonyl (C=O) groups excluding carboxylic acids is 1. The summed E-state index contributed by atoms with van der Waals surface area (Å²) >= 11 is 0. The molecule has 1 heterocycles. The van der Waals surface area contributed by atoms with Crippen LogP contribution in [0.15, 0.2) is 48.5 Å². The molecule has 0 radical (unpaired) electrons. The van der Waals surface area contributed by atoms with Gasteiger partial charge in [-0.15, -0.1) is 0 Å². The van der Waals surface area contributed by atoms with E-state index in [9.17, 15) is 13.6 Å². The van der Waals surface area contributed by atoms with Crippen molar-refractivity contribution in [2.24, 2.45) is 0 Å². The molecule has 0 N–H and O–H groups in total. The minimum absolute atomic E-state index is 0.0630. The summed E-state index contributed by atoms with van der Waals surface area (Å²) in [5.74, 6) is -1.51. The van der Waals surface area contributed by atoms with Crippen molar-refractivity contribution in [2.45, 2.75) is 19.1 Å². The predicted octanol–water partition coefficient (Wildman–Crippen LogP) is 3.22. The van der Waals surface area contributed by atoms with E-state index in [2.05, 4.69) is 17.0 Å². The Bertz CT molecular complexity index is 755. The van der Waals surface area contributed by atoms with Crippen LogP contribution in [0, 0.1) is 11.6 Å². The normalized spacial score (nSPS) is 17.9. The SMILES string of the molecule is CN(C(=O)CC1CN(Cc2ccccc2)CCO1)c1cc(F)ccc1F. The van der Waals surface area contributed by atoms with E-state index in [1.165, 1.54) is 12.6 Å². The fraction of sp³-hybridized carbons (Fsp3) is 0.350. The molecule has 0 aromatic heterocycles. The number of hydrogen-bond acceptors (Lipinski definition) is 3. The molecule has 2 aromatic carbocycles. The minimum atomic E-state index is -0.627. The number of halogens is 2. The molecule has 0 spiro atoms. The van der Waals surface area contributed by atoms with Gasteiger partial charge in [-0.1, -0.05) is 30.3 Å². The van der Waals surface area contributed by atoms with E-state index in [4.69, 9.17) is 4.74 Å². The predicted molar refractivity (Wildman–Crippen MR) is 95.8 cm³/mol. The summed E-state index contributed by atoms with van der Waals surface area (Å²) in [6.45, 7) is 2.76. The Morgan fingerprint density at radius 3 is 2.77 bits per heavy atom. The Balaban J connectivity index is 1.59. The summed E-state index contributed by atoms with van der Waals surface area (Å²) in [5, 5.41) is 0. The molecule has 4 nitrogen and oxygen atoms in total. The molecule has 6 heteroatoms. The number of benzene rings is 2. The van der Waals surface area contributed by atoms with Gasteiger partial charge in [0.15, 0.2) is 0 Å². The van der Waals surface area contributed by atoms with Crippen LogP contribution in [0.2, 0.25) is 0 Å². The lowest BCUT2D eigenvalue weighted by Gasteiger charge is -2.33. The number of carbonyl (C=O) groups is 1. The molecule has 1 atom stereocenters. The molecule has 1 unspecified atom stereocenters. The van der Waals surface area contributed by atoms with Crippen molar-refractivity contribution >= 4 is 11.6 Å². The molecule has 2 aromatic rings. The van der Waals surface area contributed by atoms with Crippen LogP contribution in [-0.4, -0.2) is 43.7 Å². The Hall–Kier alpha value is -2.31.